The highest BCUT2D eigenvalue weighted by Crippen LogP contribution is 2.51. The number of ether oxygens (including phenoxy) is 3. The first kappa shape index (κ1) is 17.5. The Kier molecular flexibility index (Phi) is 4.48. The average Bonchev–Trinajstić information content (AvgIpc) is 3.45. The van der Waals surface area contributed by atoms with E-state index in [0.29, 0.717) is 36.9 Å². The minimum Gasteiger partial charge on any atom is -0.498 e. The van der Waals surface area contributed by atoms with Crippen molar-refractivity contribution in [1.82, 2.24) is 0 Å². The van der Waals surface area contributed by atoms with Gasteiger partial charge in [0, 0.05) is 18.3 Å². The third kappa shape index (κ3) is 3.66. The molecule has 0 amide bonds. The van der Waals surface area contributed by atoms with Crippen LogP contribution in [0.1, 0.15) is 71.6 Å². The van der Waals surface area contributed by atoms with Crippen molar-refractivity contribution in [2.24, 2.45) is 11.8 Å². The molecule has 4 heteroatoms. The van der Waals surface area contributed by atoms with Crippen LogP contribution in [0.25, 0.3) is 0 Å². The Morgan fingerprint density at radius 2 is 1.64 bits per heavy atom. The molecule has 2 saturated carbocycles. The van der Waals surface area contributed by atoms with Gasteiger partial charge in [-0.25, -0.2) is 0 Å². The van der Waals surface area contributed by atoms with Crippen molar-refractivity contribution in [3.8, 4) is 0 Å². The molecule has 4 fully saturated rings. The fourth-order valence-corrected chi connectivity index (χ4v) is 4.80. The number of hydrogen-bond donors (Lipinski definition) is 0. The number of allylic oxidation sites excluding steroid dienone is 1. The summed E-state index contributed by atoms with van der Waals surface area (Å²) in [7, 11) is 0. The van der Waals surface area contributed by atoms with E-state index in [0.717, 1.165) is 57.1 Å². The molecule has 0 aromatic carbocycles. The number of unbranched alkanes of at least 4 members (excludes halogenated alkanes) is 1. The van der Waals surface area contributed by atoms with Gasteiger partial charge >= 0.3 is 0 Å². The number of epoxide rings is 2. The zero-order chi connectivity index (χ0) is 17.7. The Hall–Kier alpha value is -0.870. The molecule has 4 aliphatic rings. The quantitative estimate of drug-likeness (QED) is 0.375. The maximum Gasteiger partial charge on any atom is 0.136 e. The Bertz CT molecular complexity index is 510. The summed E-state index contributed by atoms with van der Waals surface area (Å²) >= 11 is 0. The summed E-state index contributed by atoms with van der Waals surface area (Å²) in [6.07, 6.45) is 9.56. The predicted molar refractivity (Wildman–Crippen MR) is 95.2 cm³/mol. The van der Waals surface area contributed by atoms with Gasteiger partial charge in [-0.3, -0.25) is 4.79 Å². The average molecular weight is 348 g/mol. The van der Waals surface area contributed by atoms with Gasteiger partial charge in [0.2, 0.25) is 0 Å². The molecule has 0 spiro atoms. The van der Waals surface area contributed by atoms with E-state index >= 15 is 0 Å². The van der Waals surface area contributed by atoms with Gasteiger partial charge in [-0.2, -0.15) is 0 Å². The second-order valence-corrected chi connectivity index (χ2v) is 9.02. The van der Waals surface area contributed by atoms with Crippen LogP contribution in [0.5, 0.6) is 0 Å². The first-order chi connectivity index (χ1) is 11.9. The molecular weight excluding hydrogens is 316 g/mol. The summed E-state index contributed by atoms with van der Waals surface area (Å²) < 4.78 is 17.3. The lowest BCUT2D eigenvalue weighted by Gasteiger charge is -2.24. The van der Waals surface area contributed by atoms with Gasteiger partial charge in [0.1, 0.15) is 5.78 Å². The second-order valence-electron chi connectivity index (χ2n) is 9.02. The van der Waals surface area contributed by atoms with E-state index in [-0.39, 0.29) is 17.1 Å². The number of ketones is 1. The van der Waals surface area contributed by atoms with Crippen LogP contribution >= 0.6 is 0 Å². The maximum absolute atomic E-state index is 12.4. The van der Waals surface area contributed by atoms with Crippen molar-refractivity contribution in [2.45, 2.75) is 95.0 Å². The van der Waals surface area contributed by atoms with E-state index in [9.17, 15) is 4.79 Å². The first-order valence-corrected chi connectivity index (χ1v) is 10.1. The standard InChI is InChI=1S/C21H32O4/c1-14(15-7-9-20(2)18(12-15)24-20)23-11-5-4-6-17(22)16-8-10-21(3)19(13-16)25-21/h15-16,18-19H,1,4-13H2,2-3H3. The Morgan fingerprint density at radius 3 is 2.28 bits per heavy atom. The lowest BCUT2D eigenvalue weighted by molar-refractivity contribution is -0.123. The van der Waals surface area contributed by atoms with Crippen LogP contribution < -0.4 is 0 Å². The van der Waals surface area contributed by atoms with Crippen molar-refractivity contribution in [1.29, 1.82) is 0 Å². The van der Waals surface area contributed by atoms with E-state index < -0.39 is 0 Å². The van der Waals surface area contributed by atoms with E-state index in [4.69, 9.17) is 14.2 Å². The molecule has 2 aliphatic heterocycles. The van der Waals surface area contributed by atoms with Crippen molar-refractivity contribution in [3.63, 3.8) is 0 Å². The monoisotopic (exact) mass is 348 g/mol. The molecule has 2 saturated heterocycles. The smallest absolute Gasteiger partial charge is 0.136 e. The van der Waals surface area contributed by atoms with E-state index in [1.54, 1.807) is 0 Å². The zero-order valence-corrected chi connectivity index (χ0v) is 15.7. The fraction of sp³-hybridized carbons (Fsp3) is 0.857. The molecule has 6 unspecified atom stereocenters. The molecule has 140 valence electrons. The summed E-state index contributed by atoms with van der Waals surface area (Å²) in [6, 6.07) is 0. The molecule has 0 N–H and O–H groups in total. The molecule has 2 aliphatic carbocycles. The number of hydrogen-bond acceptors (Lipinski definition) is 4. The maximum atomic E-state index is 12.4. The molecule has 0 bridgehead atoms. The first-order valence-electron chi connectivity index (χ1n) is 10.1. The van der Waals surface area contributed by atoms with Crippen LogP contribution in [-0.4, -0.2) is 35.8 Å². The van der Waals surface area contributed by atoms with E-state index in [2.05, 4.69) is 20.4 Å². The van der Waals surface area contributed by atoms with Gasteiger partial charge in [-0.1, -0.05) is 6.58 Å². The molecule has 25 heavy (non-hydrogen) atoms. The predicted octanol–water partition coefficient (Wildman–Crippen LogP) is 4.17. The fourth-order valence-electron chi connectivity index (χ4n) is 4.80. The highest BCUT2D eigenvalue weighted by Gasteiger charge is 2.56. The molecule has 4 rings (SSSR count). The van der Waals surface area contributed by atoms with Gasteiger partial charge in [0.25, 0.3) is 0 Å². The number of carbonyl (C=O) groups excluding carboxylic acids is 1. The number of rotatable bonds is 8. The van der Waals surface area contributed by atoms with Crippen molar-refractivity contribution < 1.29 is 19.0 Å². The molecule has 0 aromatic rings. The van der Waals surface area contributed by atoms with Gasteiger partial charge < -0.3 is 14.2 Å². The zero-order valence-electron chi connectivity index (χ0n) is 15.7. The minimum atomic E-state index is 0.104. The van der Waals surface area contributed by atoms with E-state index in [1.807, 2.05) is 0 Å². The van der Waals surface area contributed by atoms with Gasteiger partial charge in [0.15, 0.2) is 0 Å². The summed E-state index contributed by atoms with van der Waals surface area (Å²) in [6.45, 7) is 9.18. The normalized spacial score (nSPS) is 44.4. The molecular formula is C21H32O4. The summed E-state index contributed by atoms with van der Waals surface area (Å²) in [4.78, 5) is 12.4. The third-order valence-corrected chi connectivity index (χ3v) is 7.06. The van der Waals surface area contributed by atoms with Crippen molar-refractivity contribution in [3.05, 3.63) is 12.3 Å². The Morgan fingerprint density at radius 1 is 1.04 bits per heavy atom. The van der Waals surface area contributed by atoms with Crippen molar-refractivity contribution in [2.75, 3.05) is 6.61 Å². The topological polar surface area (TPSA) is 51.4 Å². The molecule has 0 aromatic heterocycles. The van der Waals surface area contributed by atoms with Crippen LogP contribution in [0.15, 0.2) is 12.3 Å². The lowest BCUT2D eigenvalue weighted by Crippen LogP contribution is -2.26. The van der Waals surface area contributed by atoms with Crippen LogP contribution in [-0.2, 0) is 19.0 Å². The van der Waals surface area contributed by atoms with Gasteiger partial charge in [-0.15, -0.1) is 0 Å². The van der Waals surface area contributed by atoms with Crippen LogP contribution in [0.3, 0.4) is 0 Å². The largest absolute Gasteiger partial charge is 0.498 e. The van der Waals surface area contributed by atoms with Gasteiger partial charge in [-0.05, 0) is 65.2 Å². The highest BCUT2D eigenvalue weighted by molar-refractivity contribution is 5.81. The molecule has 4 nitrogen and oxygen atoms in total. The minimum absolute atomic E-state index is 0.104. The van der Waals surface area contributed by atoms with Crippen molar-refractivity contribution >= 4 is 5.78 Å². The van der Waals surface area contributed by atoms with Crippen LogP contribution in [0, 0.1) is 11.8 Å². The summed E-state index contributed by atoms with van der Waals surface area (Å²) in [5.74, 6) is 2.01. The highest BCUT2D eigenvalue weighted by atomic mass is 16.6. The third-order valence-electron chi connectivity index (χ3n) is 7.06. The number of carbonyl (C=O) groups is 1. The summed E-state index contributed by atoms with van der Waals surface area (Å²) in [5.41, 5.74) is 0.256. The Balaban J connectivity index is 1.08. The SMILES string of the molecule is C=C(OCCCCC(=O)C1CCC2(C)OC2C1)C1CCC2(C)OC2C1. The summed E-state index contributed by atoms with van der Waals surface area (Å²) in [5, 5.41) is 0. The molecule has 6 atom stereocenters. The van der Waals surface area contributed by atoms with E-state index in [1.165, 1.54) is 0 Å². The van der Waals surface area contributed by atoms with Crippen LogP contribution in [0.4, 0.5) is 0 Å². The number of Topliss-reactive ketones (excluding diaryl/α,β-unsaturated/α-hetero) is 1. The molecule has 0 radical (unpaired) electrons. The molecule has 2 heterocycles. The number of fused-ring (bicyclic) bond motifs is 2. The Labute approximate surface area is 151 Å². The lowest BCUT2D eigenvalue weighted by atomic mass is 9.80. The second kappa shape index (κ2) is 6.38. The van der Waals surface area contributed by atoms with Crippen LogP contribution in [0.2, 0.25) is 0 Å². The van der Waals surface area contributed by atoms with Gasteiger partial charge in [0.05, 0.1) is 35.8 Å².